The molecule has 3 N–H and O–H groups in total. The molecule has 6 heteroatoms. The van der Waals surface area contributed by atoms with E-state index in [0.29, 0.717) is 19.5 Å². The van der Waals surface area contributed by atoms with Gasteiger partial charge in [0, 0.05) is 19.2 Å². The molecule has 1 aromatic rings. The predicted octanol–water partition coefficient (Wildman–Crippen LogP) is -0.678. The van der Waals surface area contributed by atoms with Gasteiger partial charge in [0.05, 0.1) is 5.92 Å². The minimum absolute atomic E-state index is 0.239. The highest BCUT2D eigenvalue weighted by Crippen LogP contribution is 2.17. The van der Waals surface area contributed by atoms with Gasteiger partial charge in [-0.05, 0) is 12.5 Å². The van der Waals surface area contributed by atoms with E-state index in [1.54, 1.807) is 6.07 Å². The number of primary amides is 1. The molecule has 1 aliphatic rings. The normalized spacial score (nSPS) is 19.3. The zero-order valence-corrected chi connectivity index (χ0v) is 9.18. The van der Waals surface area contributed by atoms with E-state index in [9.17, 15) is 14.4 Å². The maximum absolute atomic E-state index is 12.0. The Bertz CT molecular complexity index is 509. The molecule has 1 fully saturated rings. The summed E-state index contributed by atoms with van der Waals surface area (Å²) in [6.45, 7) is 0.814. The van der Waals surface area contributed by atoms with Crippen LogP contribution < -0.4 is 11.3 Å². The zero-order chi connectivity index (χ0) is 12.4. The second kappa shape index (κ2) is 4.40. The highest BCUT2D eigenvalue weighted by Gasteiger charge is 2.30. The number of nitrogens with zero attached hydrogens (tertiary/aromatic N) is 1. The lowest BCUT2D eigenvalue weighted by atomic mass is 10.1. The van der Waals surface area contributed by atoms with Crippen LogP contribution in [0.5, 0.6) is 0 Å². The van der Waals surface area contributed by atoms with Gasteiger partial charge in [-0.2, -0.15) is 0 Å². The Balaban J connectivity index is 2.12. The molecule has 6 nitrogen and oxygen atoms in total. The van der Waals surface area contributed by atoms with Crippen LogP contribution in [0.25, 0.3) is 0 Å². The maximum Gasteiger partial charge on any atom is 0.270 e. The van der Waals surface area contributed by atoms with Crippen molar-refractivity contribution in [2.75, 3.05) is 13.1 Å². The fraction of sp³-hybridized carbons (Fsp3) is 0.364. The van der Waals surface area contributed by atoms with Gasteiger partial charge < -0.3 is 15.6 Å². The van der Waals surface area contributed by atoms with E-state index in [4.69, 9.17) is 5.73 Å². The van der Waals surface area contributed by atoms with E-state index in [1.165, 1.54) is 17.0 Å². The number of nitrogens with one attached hydrogen (secondary N) is 1. The summed E-state index contributed by atoms with van der Waals surface area (Å²) >= 11 is 0. The fourth-order valence-electron chi connectivity index (χ4n) is 1.92. The van der Waals surface area contributed by atoms with Crippen molar-refractivity contribution in [2.24, 2.45) is 11.7 Å². The highest BCUT2D eigenvalue weighted by molar-refractivity contribution is 5.93. The Hall–Kier alpha value is -2.11. The molecular weight excluding hydrogens is 222 g/mol. The van der Waals surface area contributed by atoms with E-state index in [1.807, 2.05) is 0 Å². The van der Waals surface area contributed by atoms with E-state index < -0.39 is 0 Å². The number of aromatic amines is 1. The summed E-state index contributed by atoms with van der Waals surface area (Å²) in [7, 11) is 0. The monoisotopic (exact) mass is 235 g/mol. The molecular formula is C11H13N3O3. The largest absolute Gasteiger partial charge is 0.369 e. The summed E-state index contributed by atoms with van der Waals surface area (Å²) in [4.78, 5) is 38.0. The van der Waals surface area contributed by atoms with Crippen molar-refractivity contribution in [1.82, 2.24) is 9.88 Å². The van der Waals surface area contributed by atoms with Gasteiger partial charge in [-0.15, -0.1) is 0 Å². The van der Waals surface area contributed by atoms with Crippen LogP contribution in [-0.2, 0) is 4.79 Å². The second-order valence-electron chi connectivity index (χ2n) is 4.07. The van der Waals surface area contributed by atoms with Crippen LogP contribution in [0.1, 0.15) is 16.9 Å². The Morgan fingerprint density at radius 1 is 1.41 bits per heavy atom. The van der Waals surface area contributed by atoms with Gasteiger partial charge >= 0.3 is 0 Å². The molecule has 1 atom stereocenters. The molecule has 2 heterocycles. The van der Waals surface area contributed by atoms with Gasteiger partial charge in [-0.25, -0.2) is 0 Å². The maximum atomic E-state index is 12.0. The summed E-state index contributed by atoms with van der Waals surface area (Å²) in [5, 5.41) is 0. The van der Waals surface area contributed by atoms with Crippen molar-refractivity contribution in [2.45, 2.75) is 6.42 Å². The van der Waals surface area contributed by atoms with Crippen LogP contribution in [0.2, 0.25) is 0 Å². The Morgan fingerprint density at radius 2 is 2.18 bits per heavy atom. The third-order valence-corrected chi connectivity index (χ3v) is 2.88. The second-order valence-corrected chi connectivity index (χ2v) is 4.07. The number of H-pyrrole nitrogens is 1. The number of hydrogen-bond donors (Lipinski definition) is 2. The van der Waals surface area contributed by atoms with E-state index in [-0.39, 0.29) is 29.0 Å². The van der Waals surface area contributed by atoms with Crippen molar-refractivity contribution in [3.63, 3.8) is 0 Å². The van der Waals surface area contributed by atoms with Crippen LogP contribution in [0.3, 0.4) is 0 Å². The Morgan fingerprint density at radius 3 is 2.76 bits per heavy atom. The highest BCUT2D eigenvalue weighted by atomic mass is 16.2. The summed E-state index contributed by atoms with van der Waals surface area (Å²) in [5.41, 5.74) is 5.11. The van der Waals surface area contributed by atoms with Gasteiger partial charge in [0.15, 0.2) is 0 Å². The van der Waals surface area contributed by atoms with Crippen molar-refractivity contribution in [3.8, 4) is 0 Å². The molecule has 2 amide bonds. The van der Waals surface area contributed by atoms with Gasteiger partial charge in [0.25, 0.3) is 5.91 Å². The number of hydrogen-bond acceptors (Lipinski definition) is 3. The summed E-state index contributed by atoms with van der Waals surface area (Å²) in [6.07, 6.45) is 0.581. The number of pyridine rings is 1. The molecule has 0 saturated carbocycles. The molecule has 17 heavy (non-hydrogen) atoms. The Labute approximate surface area is 97.4 Å². The zero-order valence-electron chi connectivity index (χ0n) is 9.18. The van der Waals surface area contributed by atoms with Crippen LogP contribution in [-0.4, -0.2) is 34.8 Å². The van der Waals surface area contributed by atoms with Crippen molar-refractivity contribution < 1.29 is 9.59 Å². The fourth-order valence-corrected chi connectivity index (χ4v) is 1.92. The lowest BCUT2D eigenvalue weighted by Gasteiger charge is -2.15. The molecule has 0 bridgehead atoms. The van der Waals surface area contributed by atoms with Crippen molar-refractivity contribution in [3.05, 3.63) is 34.2 Å². The quantitative estimate of drug-likeness (QED) is 0.711. The summed E-state index contributed by atoms with van der Waals surface area (Å²) in [5.74, 6) is -0.942. The number of aromatic nitrogens is 1. The number of likely N-dealkylation sites (tertiary alicyclic amines) is 1. The van der Waals surface area contributed by atoms with Crippen molar-refractivity contribution >= 4 is 11.8 Å². The molecule has 0 spiro atoms. The molecule has 1 aliphatic heterocycles. The summed E-state index contributed by atoms with van der Waals surface area (Å²) < 4.78 is 0. The van der Waals surface area contributed by atoms with Crippen LogP contribution in [0.4, 0.5) is 0 Å². The molecule has 90 valence electrons. The first kappa shape index (κ1) is 11.4. The molecule has 1 saturated heterocycles. The average Bonchev–Trinajstić information content (AvgIpc) is 2.77. The lowest BCUT2D eigenvalue weighted by molar-refractivity contribution is -0.121. The number of carbonyl (C=O) groups is 2. The SMILES string of the molecule is NC(=O)C1CCN(C(=O)c2cccc(=O)[nH]2)C1. The number of nitrogens with two attached hydrogens (primary N) is 1. The lowest BCUT2D eigenvalue weighted by Crippen LogP contribution is -2.32. The van der Waals surface area contributed by atoms with E-state index >= 15 is 0 Å². The first-order valence-corrected chi connectivity index (χ1v) is 5.36. The predicted molar refractivity (Wildman–Crippen MR) is 60.3 cm³/mol. The topological polar surface area (TPSA) is 96.3 Å². The third kappa shape index (κ3) is 2.35. The molecule has 0 aliphatic carbocycles. The van der Waals surface area contributed by atoms with Crippen LogP contribution in [0.15, 0.2) is 23.0 Å². The summed E-state index contributed by atoms with van der Waals surface area (Å²) in [6, 6.07) is 4.40. The van der Waals surface area contributed by atoms with Crippen LogP contribution in [0, 0.1) is 5.92 Å². The van der Waals surface area contributed by atoms with Gasteiger partial charge in [-0.3, -0.25) is 14.4 Å². The number of carbonyl (C=O) groups excluding carboxylic acids is 2. The molecule has 2 rings (SSSR count). The molecule has 1 aromatic heterocycles. The third-order valence-electron chi connectivity index (χ3n) is 2.88. The molecule has 0 radical (unpaired) electrons. The number of rotatable bonds is 2. The Kier molecular flexibility index (Phi) is 2.95. The van der Waals surface area contributed by atoms with E-state index in [2.05, 4.69) is 4.98 Å². The van der Waals surface area contributed by atoms with Gasteiger partial charge in [0.1, 0.15) is 5.69 Å². The van der Waals surface area contributed by atoms with Crippen LogP contribution >= 0.6 is 0 Å². The first-order valence-electron chi connectivity index (χ1n) is 5.36. The first-order chi connectivity index (χ1) is 8.08. The number of amides is 2. The van der Waals surface area contributed by atoms with Crippen molar-refractivity contribution in [1.29, 1.82) is 0 Å². The molecule has 0 aromatic carbocycles. The standard InChI is InChI=1S/C11H13N3O3/c12-10(16)7-4-5-14(6-7)11(17)8-2-1-3-9(15)13-8/h1-3,7H,4-6H2,(H2,12,16)(H,13,15). The minimum atomic E-state index is -0.387. The minimum Gasteiger partial charge on any atom is -0.369 e. The smallest absolute Gasteiger partial charge is 0.270 e. The van der Waals surface area contributed by atoms with Gasteiger partial charge in [0.2, 0.25) is 11.5 Å². The molecule has 1 unspecified atom stereocenters. The van der Waals surface area contributed by atoms with Gasteiger partial charge in [-0.1, -0.05) is 6.07 Å². The average molecular weight is 235 g/mol. The van der Waals surface area contributed by atoms with E-state index in [0.717, 1.165) is 0 Å².